The van der Waals surface area contributed by atoms with Gasteiger partial charge in [0.1, 0.15) is 5.83 Å². The highest BCUT2D eigenvalue weighted by Gasteiger charge is 2.16. The molecule has 1 N–H and O–H groups in total. The third-order valence-corrected chi connectivity index (χ3v) is 1.84. The van der Waals surface area contributed by atoms with Crippen LogP contribution in [0.15, 0.2) is 36.3 Å². The molecule has 1 unspecified atom stereocenters. The van der Waals surface area contributed by atoms with Crippen molar-refractivity contribution in [2.24, 2.45) is 0 Å². The molecule has 2 rings (SSSR count). The molecule has 0 fully saturated rings. The molecule has 1 aliphatic rings. The van der Waals surface area contributed by atoms with Crippen LogP contribution in [0.5, 0.6) is 0 Å². The Hall–Kier alpha value is -1.22. The maximum atomic E-state index is 12.6. The van der Waals surface area contributed by atoms with Gasteiger partial charge in [-0.1, -0.05) is 6.07 Å². The summed E-state index contributed by atoms with van der Waals surface area (Å²) in [6, 6.07) is 5.57. The van der Waals surface area contributed by atoms with Gasteiger partial charge in [-0.2, -0.15) is 0 Å². The van der Waals surface area contributed by atoms with E-state index >= 15 is 0 Å². The molecular formula is C9H9FN2. The van der Waals surface area contributed by atoms with E-state index in [0.717, 1.165) is 5.69 Å². The van der Waals surface area contributed by atoms with Gasteiger partial charge in [-0.15, -0.1) is 0 Å². The summed E-state index contributed by atoms with van der Waals surface area (Å²) in [6.45, 7) is 0.321. The molecule has 62 valence electrons. The van der Waals surface area contributed by atoms with Crippen molar-refractivity contribution in [2.75, 3.05) is 6.54 Å². The lowest BCUT2D eigenvalue weighted by molar-refractivity contribution is 0.600. The Balaban J connectivity index is 2.22. The van der Waals surface area contributed by atoms with Crippen molar-refractivity contribution < 1.29 is 4.39 Å². The second-order valence-electron chi connectivity index (χ2n) is 2.73. The van der Waals surface area contributed by atoms with Gasteiger partial charge in [-0.3, -0.25) is 10.3 Å². The zero-order valence-corrected chi connectivity index (χ0v) is 6.50. The average molecular weight is 164 g/mol. The summed E-state index contributed by atoms with van der Waals surface area (Å²) in [7, 11) is 0. The quantitative estimate of drug-likeness (QED) is 0.681. The second kappa shape index (κ2) is 3.03. The largest absolute Gasteiger partial charge is 0.299 e. The summed E-state index contributed by atoms with van der Waals surface area (Å²) in [5.74, 6) is -0.106. The normalized spacial score (nSPS) is 22.4. The van der Waals surface area contributed by atoms with Crippen LogP contribution in [0.4, 0.5) is 4.39 Å². The summed E-state index contributed by atoms with van der Waals surface area (Å²) in [6.07, 6.45) is 3.27. The van der Waals surface area contributed by atoms with Crippen LogP contribution in [0.25, 0.3) is 0 Å². The first-order valence-electron chi connectivity index (χ1n) is 3.87. The third-order valence-electron chi connectivity index (χ3n) is 1.84. The standard InChI is InChI=1S/C9H9FN2/c10-7-5-9(12-6-7)8-3-1-2-4-11-8/h1-5,9,12H,6H2. The van der Waals surface area contributed by atoms with Crippen LogP contribution in [-0.2, 0) is 0 Å². The van der Waals surface area contributed by atoms with Crippen LogP contribution in [0.2, 0.25) is 0 Å². The number of halogens is 1. The van der Waals surface area contributed by atoms with E-state index in [9.17, 15) is 4.39 Å². The fourth-order valence-electron chi connectivity index (χ4n) is 1.26. The molecule has 0 amide bonds. The molecular weight excluding hydrogens is 155 g/mol. The molecule has 0 saturated carbocycles. The topological polar surface area (TPSA) is 24.9 Å². The van der Waals surface area contributed by atoms with Crippen molar-refractivity contribution in [3.05, 3.63) is 42.0 Å². The molecule has 2 nitrogen and oxygen atoms in total. The smallest absolute Gasteiger partial charge is 0.112 e. The van der Waals surface area contributed by atoms with Crippen LogP contribution in [0.1, 0.15) is 11.7 Å². The molecule has 0 spiro atoms. The van der Waals surface area contributed by atoms with Gasteiger partial charge in [0.05, 0.1) is 11.7 Å². The average Bonchev–Trinajstić information content (AvgIpc) is 2.54. The summed E-state index contributed by atoms with van der Waals surface area (Å²) >= 11 is 0. The van der Waals surface area contributed by atoms with Gasteiger partial charge >= 0.3 is 0 Å². The minimum atomic E-state index is -0.106. The molecule has 0 aliphatic carbocycles. The Labute approximate surface area is 70.1 Å². The number of nitrogens with one attached hydrogen (secondary N) is 1. The minimum absolute atomic E-state index is 0.0498. The van der Waals surface area contributed by atoms with Gasteiger partial charge in [-0.25, -0.2) is 4.39 Å². The number of pyridine rings is 1. The molecule has 1 atom stereocenters. The molecule has 2 heterocycles. The van der Waals surface area contributed by atoms with E-state index in [4.69, 9.17) is 0 Å². The fourth-order valence-corrected chi connectivity index (χ4v) is 1.26. The number of nitrogens with zero attached hydrogens (tertiary/aromatic N) is 1. The van der Waals surface area contributed by atoms with E-state index in [0.29, 0.717) is 6.54 Å². The molecule has 0 bridgehead atoms. The molecule has 3 heteroatoms. The van der Waals surface area contributed by atoms with Crippen molar-refractivity contribution in [1.29, 1.82) is 0 Å². The Morgan fingerprint density at radius 3 is 3.00 bits per heavy atom. The molecule has 0 aromatic carbocycles. The first-order chi connectivity index (χ1) is 5.86. The van der Waals surface area contributed by atoms with Crippen LogP contribution >= 0.6 is 0 Å². The lowest BCUT2D eigenvalue weighted by atomic mass is 10.2. The highest BCUT2D eigenvalue weighted by Crippen LogP contribution is 2.18. The maximum absolute atomic E-state index is 12.6. The van der Waals surface area contributed by atoms with Crippen LogP contribution in [0, 0.1) is 0 Å². The first kappa shape index (κ1) is 7.43. The zero-order valence-electron chi connectivity index (χ0n) is 6.50. The Morgan fingerprint density at radius 1 is 1.50 bits per heavy atom. The zero-order chi connectivity index (χ0) is 8.39. The molecule has 1 aliphatic heterocycles. The lowest BCUT2D eigenvalue weighted by Gasteiger charge is -2.05. The second-order valence-corrected chi connectivity index (χ2v) is 2.73. The summed E-state index contributed by atoms with van der Waals surface area (Å²) in [5.41, 5.74) is 0.866. The summed E-state index contributed by atoms with van der Waals surface area (Å²) in [5, 5.41) is 2.99. The summed E-state index contributed by atoms with van der Waals surface area (Å²) in [4.78, 5) is 4.12. The van der Waals surface area contributed by atoms with Crippen LogP contribution in [-0.4, -0.2) is 11.5 Å². The number of rotatable bonds is 1. The van der Waals surface area contributed by atoms with E-state index in [2.05, 4.69) is 10.3 Å². The van der Waals surface area contributed by atoms with E-state index in [1.165, 1.54) is 0 Å². The lowest BCUT2D eigenvalue weighted by Crippen LogP contribution is -2.15. The summed E-state index contributed by atoms with van der Waals surface area (Å²) < 4.78 is 12.6. The third kappa shape index (κ3) is 1.36. The molecule has 1 aromatic rings. The first-order valence-corrected chi connectivity index (χ1v) is 3.87. The van der Waals surface area contributed by atoms with Crippen LogP contribution in [0.3, 0.4) is 0 Å². The van der Waals surface area contributed by atoms with E-state index in [-0.39, 0.29) is 11.9 Å². The number of hydrogen-bond acceptors (Lipinski definition) is 2. The van der Waals surface area contributed by atoms with E-state index < -0.39 is 0 Å². The predicted octanol–water partition coefficient (Wildman–Crippen LogP) is 1.58. The number of hydrogen-bond donors (Lipinski definition) is 1. The van der Waals surface area contributed by atoms with Crippen LogP contribution < -0.4 is 5.32 Å². The highest BCUT2D eigenvalue weighted by atomic mass is 19.1. The molecule has 1 aromatic heterocycles. The van der Waals surface area contributed by atoms with Crippen molar-refractivity contribution in [2.45, 2.75) is 6.04 Å². The van der Waals surface area contributed by atoms with Gasteiger partial charge in [-0.05, 0) is 18.2 Å². The fraction of sp³-hybridized carbons (Fsp3) is 0.222. The van der Waals surface area contributed by atoms with Gasteiger partial charge < -0.3 is 0 Å². The SMILES string of the molecule is FC1=CC(c2ccccn2)NC1. The maximum Gasteiger partial charge on any atom is 0.112 e. The molecule has 12 heavy (non-hydrogen) atoms. The van der Waals surface area contributed by atoms with Crippen molar-refractivity contribution in [1.82, 2.24) is 10.3 Å². The monoisotopic (exact) mass is 164 g/mol. The Morgan fingerprint density at radius 2 is 2.42 bits per heavy atom. The highest BCUT2D eigenvalue weighted by molar-refractivity contribution is 5.20. The van der Waals surface area contributed by atoms with Crippen molar-refractivity contribution in [3.8, 4) is 0 Å². The Bertz CT molecular complexity index is 295. The predicted molar refractivity (Wildman–Crippen MR) is 44.2 cm³/mol. The van der Waals surface area contributed by atoms with Crippen molar-refractivity contribution in [3.63, 3.8) is 0 Å². The van der Waals surface area contributed by atoms with E-state index in [1.54, 1.807) is 12.3 Å². The minimum Gasteiger partial charge on any atom is -0.299 e. The van der Waals surface area contributed by atoms with Gasteiger partial charge in [0, 0.05) is 12.7 Å². The Kier molecular flexibility index (Phi) is 1.87. The number of aromatic nitrogens is 1. The molecule has 0 saturated heterocycles. The van der Waals surface area contributed by atoms with Gasteiger partial charge in [0.15, 0.2) is 0 Å². The molecule has 0 radical (unpaired) electrons. The van der Waals surface area contributed by atoms with E-state index in [1.807, 2.05) is 18.2 Å². The van der Waals surface area contributed by atoms with Gasteiger partial charge in [0.2, 0.25) is 0 Å². The van der Waals surface area contributed by atoms with Gasteiger partial charge in [0.25, 0.3) is 0 Å². The van der Waals surface area contributed by atoms with Crippen molar-refractivity contribution >= 4 is 0 Å².